The summed E-state index contributed by atoms with van der Waals surface area (Å²) in [5.41, 5.74) is 3.78. The molecule has 0 bridgehead atoms. The van der Waals surface area contributed by atoms with E-state index in [0.717, 1.165) is 11.1 Å². The van der Waals surface area contributed by atoms with Crippen LogP contribution in [0.25, 0.3) is 11.1 Å². The molecule has 152 valence electrons. The van der Waals surface area contributed by atoms with Gasteiger partial charge in [-0.3, -0.25) is 4.72 Å². The first-order valence-electron chi connectivity index (χ1n) is 9.07. The number of nitrogens with zero attached hydrogens (tertiary/aromatic N) is 2. The number of aliphatic hydroxyl groups is 1. The predicted octanol–water partition coefficient (Wildman–Crippen LogP) is 3.24. The monoisotopic (exact) mass is 413 g/mol. The van der Waals surface area contributed by atoms with Crippen LogP contribution in [0.3, 0.4) is 0 Å². The molecule has 0 saturated carbocycles. The van der Waals surface area contributed by atoms with Crippen LogP contribution in [-0.4, -0.2) is 36.7 Å². The van der Waals surface area contributed by atoms with Crippen molar-refractivity contribution in [3.8, 4) is 17.0 Å². The van der Waals surface area contributed by atoms with Crippen molar-refractivity contribution in [2.45, 2.75) is 25.7 Å². The highest BCUT2D eigenvalue weighted by atomic mass is 32.2. The summed E-state index contributed by atoms with van der Waals surface area (Å²) in [5.74, 6) is 0.299. The van der Waals surface area contributed by atoms with Crippen LogP contribution in [0.15, 0.2) is 53.7 Å². The van der Waals surface area contributed by atoms with Crippen molar-refractivity contribution >= 4 is 15.8 Å². The number of aliphatic hydroxyl groups excluding tert-OH is 1. The molecule has 2 N–H and O–H groups in total. The number of benzene rings is 2. The molecule has 0 saturated heterocycles. The first-order chi connectivity index (χ1) is 13.8. The van der Waals surface area contributed by atoms with E-state index >= 15 is 0 Å². The number of aromatic nitrogens is 2. The number of nitrogens with one attached hydrogen (secondary N) is 1. The van der Waals surface area contributed by atoms with E-state index in [4.69, 9.17) is 9.84 Å². The van der Waals surface area contributed by atoms with Gasteiger partial charge in [-0.25, -0.2) is 18.4 Å². The van der Waals surface area contributed by atoms with E-state index in [-0.39, 0.29) is 29.8 Å². The van der Waals surface area contributed by atoms with Gasteiger partial charge in [0.1, 0.15) is 12.9 Å². The molecule has 0 radical (unpaired) electrons. The molecule has 3 aromatic rings. The summed E-state index contributed by atoms with van der Waals surface area (Å²) in [5, 5.41) is 9.10. The van der Waals surface area contributed by atoms with Gasteiger partial charge >= 0.3 is 0 Å². The molecule has 29 heavy (non-hydrogen) atoms. The summed E-state index contributed by atoms with van der Waals surface area (Å²) >= 11 is 0. The maximum Gasteiger partial charge on any atom is 0.263 e. The molecule has 0 aliphatic carbocycles. The first-order valence-corrected chi connectivity index (χ1v) is 10.6. The Bertz CT molecular complexity index is 1110. The predicted molar refractivity (Wildman–Crippen MR) is 112 cm³/mol. The minimum atomic E-state index is -3.88. The molecular formula is C21H23N3O4S. The van der Waals surface area contributed by atoms with E-state index in [0.29, 0.717) is 16.7 Å². The Hall–Kier alpha value is -2.97. The summed E-state index contributed by atoms with van der Waals surface area (Å²) in [6, 6.07) is 12.6. The number of sulfonamides is 1. The van der Waals surface area contributed by atoms with E-state index < -0.39 is 10.0 Å². The maximum atomic E-state index is 13.0. The van der Waals surface area contributed by atoms with Crippen molar-refractivity contribution in [1.29, 1.82) is 0 Å². The van der Waals surface area contributed by atoms with Crippen LogP contribution in [0, 0.1) is 20.8 Å². The van der Waals surface area contributed by atoms with Gasteiger partial charge in [-0.15, -0.1) is 0 Å². The molecule has 0 aliphatic rings. The SMILES string of the molecule is Cc1ccc(-c2c(NS(=O)(=O)c3ccc(C)cc3C)ncnc2OCCO)cc1. The molecule has 0 aliphatic heterocycles. The standard InChI is InChI=1S/C21H23N3O4S/c1-14-4-7-17(8-5-14)19-20(22-13-23-21(19)28-11-10-25)24-29(26,27)18-9-6-15(2)12-16(18)3/h4-9,12-13,25H,10-11H2,1-3H3,(H,22,23,24). The second-order valence-corrected chi connectivity index (χ2v) is 8.37. The Kier molecular flexibility index (Phi) is 6.14. The fourth-order valence-electron chi connectivity index (χ4n) is 2.96. The zero-order chi connectivity index (χ0) is 21.0. The normalized spacial score (nSPS) is 11.3. The molecule has 3 rings (SSSR count). The number of aryl methyl sites for hydroxylation is 3. The molecule has 0 spiro atoms. The van der Waals surface area contributed by atoms with Gasteiger partial charge in [0.15, 0.2) is 5.82 Å². The number of ether oxygens (including phenoxy) is 1. The van der Waals surface area contributed by atoms with Gasteiger partial charge < -0.3 is 9.84 Å². The van der Waals surface area contributed by atoms with Crippen LogP contribution in [0.5, 0.6) is 5.88 Å². The smallest absolute Gasteiger partial charge is 0.263 e. The van der Waals surface area contributed by atoms with Gasteiger partial charge in [-0.1, -0.05) is 47.5 Å². The molecule has 0 unspecified atom stereocenters. The van der Waals surface area contributed by atoms with Crippen LogP contribution in [0.1, 0.15) is 16.7 Å². The number of hydrogen-bond acceptors (Lipinski definition) is 6. The summed E-state index contributed by atoms with van der Waals surface area (Å²) in [6.45, 7) is 5.44. The van der Waals surface area contributed by atoms with Crippen molar-refractivity contribution in [3.63, 3.8) is 0 Å². The minimum Gasteiger partial charge on any atom is -0.475 e. The van der Waals surface area contributed by atoms with Gasteiger partial charge in [0.2, 0.25) is 5.88 Å². The third-order valence-electron chi connectivity index (χ3n) is 4.33. The Morgan fingerprint density at radius 3 is 2.34 bits per heavy atom. The van der Waals surface area contributed by atoms with E-state index in [9.17, 15) is 8.42 Å². The average molecular weight is 413 g/mol. The number of hydrogen-bond donors (Lipinski definition) is 2. The zero-order valence-corrected chi connectivity index (χ0v) is 17.3. The summed E-state index contributed by atoms with van der Waals surface area (Å²) in [6.07, 6.45) is 1.23. The second-order valence-electron chi connectivity index (χ2n) is 6.71. The third-order valence-corrected chi connectivity index (χ3v) is 5.83. The molecule has 2 aromatic carbocycles. The fourth-order valence-corrected chi connectivity index (χ4v) is 4.21. The quantitative estimate of drug-likeness (QED) is 0.617. The molecule has 8 heteroatoms. The highest BCUT2D eigenvalue weighted by Crippen LogP contribution is 2.35. The maximum absolute atomic E-state index is 13.0. The van der Waals surface area contributed by atoms with Crippen molar-refractivity contribution in [1.82, 2.24) is 9.97 Å². The summed E-state index contributed by atoms with van der Waals surface area (Å²) < 4.78 is 34.2. The van der Waals surface area contributed by atoms with E-state index in [2.05, 4.69) is 14.7 Å². The molecule has 7 nitrogen and oxygen atoms in total. The topological polar surface area (TPSA) is 101 Å². The largest absolute Gasteiger partial charge is 0.475 e. The van der Waals surface area contributed by atoms with Crippen molar-refractivity contribution in [3.05, 3.63) is 65.5 Å². The van der Waals surface area contributed by atoms with Gasteiger partial charge in [-0.05, 0) is 38.0 Å². The molecule has 1 aromatic heterocycles. The van der Waals surface area contributed by atoms with Crippen molar-refractivity contribution < 1.29 is 18.3 Å². The summed E-state index contributed by atoms with van der Waals surface area (Å²) in [7, 11) is -3.88. The van der Waals surface area contributed by atoms with Gasteiger partial charge in [-0.2, -0.15) is 0 Å². The molecule has 0 atom stereocenters. The van der Waals surface area contributed by atoms with Crippen molar-refractivity contribution in [2.24, 2.45) is 0 Å². The van der Waals surface area contributed by atoms with Gasteiger partial charge in [0.05, 0.1) is 17.1 Å². The van der Waals surface area contributed by atoms with Crippen LogP contribution >= 0.6 is 0 Å². The van der Waals surface area contributed by atoms with Gasteiger partial charge in [0, 0.05) is 0 Å². The molecule has 1 heterocycles. The highest BCUT2D eigenvalue weighted by Gasteiger charge is 2.22. The molecular weight excluding hydrogens is 390 g/mol. The van der Waals surface area contributed by atoms with Crippen LogP contribution in [-0.2, 0) is 10.0 Å². The average Bonchev–Trinajstić information content (AvgIpc) is 2.66. The highest BCUT2D eigenvalue weighted by molar-refractivity contribution is 7.92. The van der Waals surface area contributed by atoms with Crippen LogP contribution in [0.4, 0.5) is 5.82 Å². The lowest BCUT2D eigenvalue weighted by Crippen LogP contribution is -2.17. The lowest BCUT2D eigenvalue weighted by molar-refractivity contribution is 0.197. The van der Waals surface area contributed by atoms with E-state index in [1.807, 2.05) is 44.2 Å². The first kappa shape index (κ1) is 20.8. The number of rotatable bonds is 7. The second kappa shape index (κ2) is 8.59. The fraction of sp³-hybridized carbons (Fsp3) is 0.238. The molecule has 0 fully saturated rings. The Labute approximate surface area is 170 Å². The lowest BCUT2D eigenvalue weighted by Gasteiger charge is -2.16. The number of anilines is 1. The van der Waals surface area contributed by atoms with Crippen LogP contribution < -0.4 is 9.46 Å². The van der Waals surface area contributed by atoms with Gasteiger partial charge in [0.25, 0.3) is 10.0 Å². The van der Waals surface area contributed by atoms with Crippen LogP contribution in [0.2, 0.25) is 0 Å². The zero-order valence-electron chi connectivity index (χ0n) is 16.5. The van der Waals surface area contributed by atoms with E-state index in [1.54, 1.807) is 19.1 Å². The van der Waals surface area contributed by atoms with E-state index in [1.165, 1.54) is 6.33 Å². The minimum absolute atomic E-state index is 0.0269. The summed E-state index contributed by atoms with van der Waals surface area (Å²) in [4.78, 5) is 8.46. The van der Waals surface area contributed by atoms with Crippen molar-refractivity contribution in [2.75, 3.05) is 17.9 Å². The Morgan fingerprint density at radius 2 is 1.69 bits per heavy atom. The molecule has 0 amide bonds. The Morgan fingerprint density at radius 1 is 1.00 bits per heavy atom. The lowest BCUT2D eigenvalue weighted by atomic mass is 10.1. The Balaban J connectivity index is 2.09. The third kappa shape index (κ3) is 4.72.